The minimum Gasteiger partial charge on any atom is -0.726 e. The first-order chi connectivity index (χ1) is 5.39. The van der Waals surface area contributed by atoms with Gasteiger partial charge < -0.3 is 14.0 Å². The van der Waals surface area contributed by atoms with E-state index in [1.165, 1.54) is 0 Å². The van der Waals surface area contributed by atoms with Crippen molar-refractivity contribution in [2.24, 2.45) is 0 Å². The van der Waals surface area contributed by atoms with Gasteiger partial charge in [-0.15, -0.1) is 0 Å². The molecule has 0 aromatic rings. The average molecular weight is 222 g/mol. The zero-order chi connectivity index (χ0) is 9.61. The topological polar surface area (TPSA) is 102 Å². The Hall–Kier alpha value is 0.790. The fraction of sp³-hybridized carbons (Fsp3) is 1.00. The van der Waals surface area contributed by atoms with E-state index >= 15 is 0 Å². The fourth-order valence-electron chi connectivity index (χ4n) is 0.0962. The second-order valence-electron chi connectivity index (χ2n) is 2.18. The summed E-state index contributed by atoms with van der Waals surface area (Å²) in [7, 11) is -4.92. The van der Waals surface area contributed by atoms with Crippen LogP contribution in [0.15, 0.2) is 0 Å². The number of rotatable bonds is 0. The first-order valence-corrected chi connectivity index (χ1v) is 4.64. The van der Waals surface area contributed by atoms with Crippen LogP contribution in [0.5, 0.6) is 0 Å². The van der Waals surface area contributed by atoms with Crippen molar-refractivity contribution < 1.29 is 56.6 Å². The Labute approximate surface area is 99.5 Å². The van der Waals surface area contributed by atoms with Crippen molar-refractivity contribution in [3.8, 4) is 0 Å². The molecule has 2 aliphatic rings. The monoisotopic (exact) mass is 222 g/mol. The molecule has 2 fully saturated rings. The van der Waals surface area contributed by atoms with Crippen molar-refractivity contribution in [2.45, 2.75) is 13.0 Å². The molecule has 1 N–H and O–H groups in total. The van der Waals surface area contributed by atoms with Crippen LogP contribution in [-0.4, -0.2) is 43.4 Å². The van der Waals surface area contributed by atoms with E-state index in [1.54, 1.807) is 0 Å². The minimum atomic E-state index is -4.92. The quantitative estimate of drug-likeness (QED) is 0.197. The maximum absolute atomic E-state index is 8.63. The standard InChI is InChI=1S/C3H6O.C2H4O.Na.H2O4S/c1-3-2-4-3;1-2-3-1;;1-5(2,3)4/h3H,2H2,1H3;1-2H2;;(H2,1,2,3,4)/q;;+1;/p-1. The summed E-state index contributed by atoms with van der Waals surface area (Å²) in [6.45, 7) is 5.04. The molecule has 0 bridgehead atoms. The van der Waals surface area contributed by atoms with Gasteiger partial charge in [0.15, 0.2) is 0 Å². The molecule has 2 aliphatic heterocycles. The molecule has 2 saturated heterocycles. The number of epoxide rings is 2. The molecule has 0 spiro atoms. The molecule has 1 unspecified atom stereocenters. The number of hydrogen-bond acceptors (Lipinski definition) is 5. The van der Waals surface area contributed by atoms with E-state index in [0.29, 0.717) is 6.10 Å². The van der Waals surface area contributed by atoms with Gasteiger partial charge in [0.25, 0.3) is 0 Å². The van der Waals surface area contributed by atoms with Crippen LogP contribution in [0, 0.1) is 0 Å². The zero-order valence-corrected chi connectivity index (χ0v) is 10.4. The molecule has 1 atom stereocenters. The summed E-state index contributed by atoms with van der Waals surface area (Å²) in [5.41, 5.74) is 0. The van der Waals surface area contributed by atoms with Crippen LogP contribution >= 0.6 is 0 Å². The van der Waals surface area contributed by atoms with E-state index in [4.69, 9.17) is 22.3 Å². The Balaban J connectivity index is 0. The van der Waals surface area contributed by atoms with Crippen molar-refractivity contribution >= 4 is 10.4 Å². The van der Waals surface area contributed by atoms with E-state index in [2.05, 4.69) is 11.7 Å². The third-order valence-corrected chi connectivity index (χ3v) is 0.704. The van der Waals surface area contributed by atoms with Crippen LogP contribution in [0.2, 0.25) is 0 Å². The smallest absolute Gasteiger partial charge is 0.726 e. The summed E-state index contributed by atoms with van der Waals surface area (Å²) in [4.78, 5) is 0. The van der Waals surface area contributed by atoms with E-state index in [1.807, 2.05) is 0 Å². The number of hydrogen-bond donors (Lipinski definition) is 1. The molecule has 0 aromatic carbocycles. The van der Waals surface area contributed by atoms with Crippen molar-refractivity contribution in [3.05, 3.63) is 0 Å². The van der Waals surface area contributed by atoms with Crippen LogP contribution in [-0.2, 0) is 19.9 Å². The molecule has 6 nitrogen and oxygen atoms in total. The molecule has 0 saturated carbocycles. The zero-order valence-electron chi connectivity index (χ0n) is 7.60. The summed E-state index contributed by atoms with van der Waals surface area (Å²) in [6.07, 6.45) is 0.583. The van der Waals surface area contributed by atoms with Gasteiger partial charge in [0, 0.05) is 0 Å². The Morgan fingerprint density at radius 3 is 1.62 bits per heavy atom. The molecule has 0 aliphatic carbocycles. The first-order valence-electron chi connectivity index (χ1n) is 3.27. The Bertz CT molecular complexity index is 186. The van der Waals surface area contributed by atoms with Crippen molar-refractivity contribution in [1.82, 2.24) is 0 Å². The van der Waals surface area contributed by atoms with Gasteiger partial charge in [-0.3, -0.25) is 4.55 Å². The second kappa shape index (κ2) is 8.13. The molecule has 74 valence electrons. The van der Waals surface area contributed by atoms with Crippen molar-refractivity contribution in [3.63, 3.8) is 0 Å². The molecule has 2 heterocycles. The third kappa shape index (κ3) is 64.9. The van der Waals surface area contributed by atoms with Gasteiger partial charge in [0.05, 0.1) is 25.9 Å². The minimum absolute atomic E-state index is 0. The van der Waals surface area contributed by atoms with Gasteiger partial charge in [-0.25, -0.2) is 8.42 Å². The molecule has 0 aromatic heterocycles. The molecule has 13 heavy (non-hydrogen) atoms. The Morgan fingerprint density at radius 2 is 1.62 bits per heavy atom. The van der Waals surface area contributed by atoms with Crippen LogP contribution < -0.4 is 29.6 Å². The summed E-state index contributed by atoms with van der Waals surface area (Å²) < 4.78 is 42.0. The first kappa shape index (κ1) is 16.2. The molecular weight excluding hydrogens is 211 g/mol. The average Bonchev–Trinajstić information content (AvgIpc) is 2.54. The summed E-state index contributed by atoms with van der Waals surface area (Å²) in [5.74, 6) is 0. The summed E-state index contributed by atoms with van der Waals surface area (Å²) >= 11 is 0. The molecule has 0 radical (unpaired) electrons. The Morgan fingerprint density at radius 1 is 1.46 bits per heavy atom. The SMILES string of the molecule is C1CO1.CC1CO1.O=S(=O)([O-])O.[Na+]. The second-order valence-corrected chi connectivity index (χ2v) is 3.04. The maximum atomic E-state index is 8.63. The largest absolute Gasteiger partial charge is 1.00 e. The van der Waals surface area contributed by atoms with Crippen LogP contribution in [0.3, 0.4) is 0 Å². The van der Waals surface area contributed by atoms with Crippen LogP contribution in [0.4, 0.5) is 0 Å². The molecule has 8 heteroatoms. The van der Waals surface area contributed by atoms with Crippen molar-refractivity contribution in [1.29, 1.82) is 0 Å². The van der Waals surface area contributed by atoms with Gasteiger partial charge in [0.2, 0.25) is 10.4 Å². The predicted molar refractivity (Wildman–Crippen MR) is 38.6 cm³/mol. The van der Waals surface area contributed by atoms with Gasteiger partial charge in [-0.2, -0.15) is 0 Å². The fourth-order valence-corrected chi connectivity index (χ4v) is 0.0962. The van der Waals surface area contributed by atoms with Gasteiger partial charge in [-0.05, 0) is 6.92 Å². The Kier molecular flexibility index (Phi) is 10.1. The molecule has 2 rings (SSSR count). The summed E-state index contributed by atoms with van der Waals surface area (Å²) in [5, 5.41) is 0. The van der Waals surface area contributed by atoms with Crippen LogP contribution in [0.1, 0.15) is 6.92 Å². The van der Waals surface area contributed by atoms with E-state index in [9.17, 15) is 0 Å². The summed E-state index contributed by atoms with van der Waals surface area (Å²) in [6, 6.07) is 0. The maximum Gasteiger partial charge on any atom is 1.00 e. The molecular formula is C5H11NaO6S. The van der Waals surface area contributed by atoms with Crippen LogP contribution in [0.25, 0.3) is 0 Å². The normalized spacial score (nSPS) is 22.2. The number of ether oxygens (including phenoxy) is 2. The van der Waals surface area contributed by atoms with E-state index in [0.717, 1.165) is 19.8 Å². The van der Waals surface area contributed by atoms with Crippen molar-refractivity contribution in [2.75, 3.05) is 19.8 Å². The van der Waals surface area contributed by atoms with Gasteiger partial charge in [0.1, 0.15) is 0 Å². The van der Waals surface area contributed by atoms with Gasteiger partial charge in [-0.1, -0.05) is 0 Å². The van der Waals surface area contributed by atoms with E-state index in [-0.39, 0.29) is 29.6 Å². The molecule has 0 amide bonds. The third-order valence-electron chi connectivity index (χ3n) is 0.704. The van der Waals surface area contributed by atoms with E-state index < -0.39 is 10.4 Å². The predicted octanol–water partition coefficient (Wildman–Crippen LogP) is -3.57. The van der Waals surface area contributed by atoms with Gasteiger partial charge >= 0.3 is 29.6 Å².